The summed E-state index contributed by atoms with van der Waals surface area (Å²) in [4.78, 5) is 14.0. The van der Waals surface area contributed by atoms with Crippen molar-refractivity contribution >= 4 is 33.4 Å². The largest absolute Gasteiger partial charge is 0.489 e. The average molecular weight is 565 g/mol. The van der Waals surface area contributed by atoms with E-state index in [1.54, 1.807) is 60.7 Å². The van der Waals surface area contributed by atoms with E-state index in [-0.39, 0.29) is 23.8 Å². The highest BCUT2D eigenvalue weighted by molar-refractivity contribution is 7.98. The van der Waals surface area contributed by atoms with E-state index in [1.165, 1.54) is 23.9 Å². The molecule has 0 unspecified atom stereocenters. The number of ether oxygens (including phenoxy) is 1. The Balaban J connectivity index is 1.40. The van der Waals surface area contributed by atoms with Gasteiger partial charge in [0.15, 0.2) is 0 Å². The normalized spacial score (nSPS) is 11.2. The van der Waals surface area contributed by atoms with Crippen LogP contribution in [0.2, 0.25) is 0 Å². The Morgan fingerprint density at radius 2 is 1.49 bits per heavy atom. The summed E-state index contributed by atoms with van der Waals surface area (Å²) in [7, 11) is -3.98. The van der Waals surface area contributed by atoms with E-state index in [2.05, 4.69) is 5.32 Å². The lowest BCUT2D eigenvalue weighted by Gasteiger charge is -2.24. The van der Waals surface area contributed by atoms with Crippen LogP contribution in [-0.4, -0.2) is 27.1 Å². The Morgan fingerprint density at radius 1 is 0.872 bits per heavy atom. The van der Waals surface area contributed by atoms with Crippen molar-refractivity contribution in [1.82, 2.24) is 5.32 Å². The lowest BCUT2D eigenvalue weighted by Crippen LogP contribution is -2.40. The smallest absolute Gasteiger partial charge is 0.264 e. The number of thioether (sulfide) groups is 1. The maximum atomic E-state index is 13.6. The third-order valence-electron chi connectivity index (χ3n) is 5.99. The summed E-state index contributed by atoms with van der Waals surface area (Å²) in [6, 6.07) is 26.9. The molecule has 6 nitrogen and oxygen atoms in total. The van der Waals surface area contributed by atoms with Gasteiger partial charge in [-0.3, -0.25) is 9.10 Å². The summed E-state index contributed by atoms with van der Waals surface area (Å²) in [5.41, 5.74) is 3.07. The molecule has 4 aromatic rings. The molecule has 0 heterocycles. The molecule has 0 aliphatic rings. The van der Waals surface area contributed by atoms with Crippen LogP contribution in [0.3, 0.4) is 0 Å². The molecule has 0 aliphatic carbocycles. The molecule has 0 fully saturated rings. The molecule has 4 aromatic carbocycles. The van der Waals surface area contributed by atoms with Gasteiger partial charge in [0.1, 0.15) is 24.7 Å². The molecule has 202 valence electrons. The van der Waals surface area contributed by atoms with E-state index in [9.17, 15) is 17.6 Å². The Hall–Kier alpha value is -3.82. The van der Waals surface area contributed by atoms with Crippen LogP contribution >= 0.6 is 11.8 Å². The molecular formula is C30H29FN2O4S2. The van der Waals surface area contributed by atoms with E-state index >= 15 is 0 Å². The molecule has 0 saturated heterocycles. The standard InChI is InChI=1S/C30H29FN2O4S2/c1-22-3-11-26(12-4-22)33(39(35,36)29-17-15-28(38-2)16-18-29)20-30(34)32-19-23-7-13-27(14-8-23)37-21-24-5-9-25(31)10-6-24/h3-18H,19-21H2,1-2H3,(H,32,34). The molecular weight excluding hydrogens is 535 g/mol. The maximum absolute atomic E-state index is 13.6. The Kier molecular flexibility index (Phi) is 9.27. The predicted octanol–water partition coefficient (Wildman–Crippen LogP) is 5.95. The van der Waals surface area contributed by atoms with Crippen LogP contribution in [-0.2, 0) is 28.0 Å². The number of benzene rings is 4. The highest BCUT2D eigenvalue weighted by Crippen LogP contribution is 2.26. The first kappa shape index (κ1) is 28.2. The van der Waals surface area contributed by atoms with E-state index in [0.29, 0.717) is 18.0 Å². The Bertz CT molecular complexity index is 1490. The number of carbonyl (C=O) groups is 1. The second-order valence-corrected chi connectivity index (χ2v) is 11.6. The van der Waals surface area contributed by atoms with Crippen molar-refractivity contribution in [2.75, 3.05) is 17.1 Å². The molecule has 0 atom stereocenters. The second kappa shape index (κ2) is 12.8. The van der Waals surface area contributed by atoms with Gasteiger partial charge in [-0.2, -0.15) is 0 Å². The fourth-order valence-corrected chi connectivity index (χ4v) is 5.57. The van der Waals surface area contributed by atoms with Crippen molar-refractivity contribution in [3.8, 4) is 5.75 Å². The second-order valence-electron chi connectivity index (χ2n) is 8.86. The van der Waals surface area contributed by atoms with Gasteiger partial charge in [-0.1, -0.05) is 42.0 Å². The number of nitrogens with one attached hydrogen (secondary N) is 1. The topological polar surface area (TPSA) is 75.7 Å². The molecule has 9 heteroatoms. The van der Waals surface area contributed by atoms with Gasteiger partial charge in [0.2, 0.25) is 5.91 Å². The molecule has 0 spiro atoms. The summed E-state index contributed by atoms with van der Waals surface area (Å²) in [6.45, 7) is 2.07. The maximum Gasteiger partial charge on any atom is 0.264 e. The highest BCUT2D eigenvalue weighted by atomic mass is 32.2. The minimum Gasteiger partial charge on any atom is -0.489 e. The average Bonchev–Trinajstić information content (AvgIpc) is 2.95. The van der Waals surface area contributed by atoms with Gasteiger partial charge < -0.3 is 10.1 Å². The van der Waals surface area contributed by atoms with Crippen molar-refractivity contribution in [2.45, 2.75) is 29.9 Å². The van der Waals surface area contributed by atoms with Gasteiger partial charge in [0, 0.05) is 11.4 Å². The van der Waals surface area contributed by atoms with Crippen molar-refractivity contribution in [2.24, 2.45) is 0 Å². The van der Waals surface area contributed by atoms with Crippen LogP contribution in [0, 0.1) is 12.7 Å². The van der Waals surface area contributed by atoms with Crippen LogP contribution in [0.4, 0.5) is 10.1 Å². The highest BCUT2D eigenvalue weighted by Gasteiger charge is 2.27. The molecule has 39 heavy (non-hydrogen) atoms. The van der Waals surface area contributed by atoms with E-state index < -0.39 is 15.9 Å². The van der Waals surface area contributed by atoms with Gasteiger partial charge in [-0.15, -0.1) is 11.8 Å². The summed E-state index contributed by atoms with van der Waals surface area (Å²) in [5.74, 6) is -0.0930. The zero-order chi connectivity index (χ0) is 27.8. The molecule has 0 radical (unpaired) electrons. The van der Waals surface area contributed by atoms with Gasteiger partial charge in [-0.05, 0) is 85.0 Å². The van der Waals surface area contributed by atoms with Gasteiger partial charge >= 0.3 is 0 Å². The van der Waals surface area contributed by atoms with Crippen LogP contribution in [0.15, 0.2) is 107 Å². The minimum absolute atomic E-state index is 0.116. The zero-order valence-corrected chi connectivity index (χ0v) is 23.3. The van der Waals surface area contributed by atoms with Crippen molar-refractivity contribution < 1.29 is 22.3 Å². The van der Waals surface area contributed by atoms with Crippen molar-refractivity contribution in [3.05, 3.63) is 120 Å². The van der Waals surface area contributed by atoms with Crippen molar-refractivity contribution in [1.29, 1.82) is 0 Å². The van der Waals surface area contributed by atoms with E-state index in [1.807, 2.05) is 37.4 Å². The zero-order valence-electron chi connectivity index (χ0n) is 21.6. The number of aryl methyl sites for hydroxylation is 1. The summed E-state index contributed by atoms with van der Waals surface area (Å²) >= 11 is 1.52. The number of rotatable bonds is 11. The number of amides is 1. The van der Waals surface area contributed by atoms with Gasteiger partial charge in [0.25, 0.3) is 10.0 Å². The third kappa shape index (κ3) is 7.61. The Morgan fingerprint density at radius 3 is 2.10 bits per heavy atom. The third-order valence-corrected chi connectivity index (χ3v) is 8.52. The first-order chi connectivity index (χ1) is 18.7. The molecule has 1 N–H and O–H groups in total. The number of hydrogen-bond acceptors (Lipinski definition) is 5. The number of carbonyl (C=O) groups excluding carboxylic acids is 1. The monoisotopic (exact) mass is 564 g/mol. The number of halogens is 1. The van der Waals surface area contributed by atoms with Gasteiger partial charge in [0.05, 0.1) is 10.6 Å². The van der Waals surface area contributed by atoms with Crippen LogP contribution < -0.4 is 14.4 Å². The van der Waals surface area contributed by atoms with Crippen LogP contribution in [0.5, 0.6) is 5.75 Å². The first-order valence-electron chi connectivity index (χ1n) is 12.2. The van der Waals surface area contributed by atoms with Gasteiger partial charge in [-0.25, -0.2) is 12.8 Å². The minimum atomic E-state index is -3.98. The van der Waals surface area contributed by atoms with Crippen LogP contribution in [0.25, 0.3) is 0 Å². The Labute approximate surface area is 232 Å². The fraction of sp³-hybridized carbons (Fsp3) is 0.167. The molecule has 1 amide bonds. The predicted molar refractivity (Wildman–Crippen MR) is 153 cm³/mol. The molecule has 4 rings (SSSR count). The number of sulfonamides is 1. The SMILES string of the molecule is CSc1ccc(S(=O)(=O)N(CC(=O)NCc2ccc(OCc3ccc(F)cc3)cc2)c2ccc(C)cc2)cc1. The molecule has 0 saturated carbocycles. The summed E-state index contributed by atoms with van der Waals surface area (Å²) in [6.07, 6.45) is 1.92. The van der Waals surface area contributed by atoms with E-state index in [0.717, 1.165) is 25.9 Å². The number of hydrogen-bond donors (Lipinski definition) is 1. The van der Waals surface area contributed by atoms with Crippen LogP contribution in [0.1, 0.15) is 16.7 Å². The molecule has 0 bridgehead atoms. The number of anilines is 1. The summed E-state index contributed by atoms with van der Waals surface area (Å²) < 4.78 is 47.0. The van der Waals surface area contributed by atoms with E-state index in [4.69, 9.17) is 4.74 Å². The quantitative estimate of drug-likeness (QED) is 0.228. The molecule has 0 aromatic heterocycles. The summed E-state index contributed by atoms with van der Waals surface area (Å²) in [5, 5.41) is 2.81. The number of nitrogens with zero attached hydrogens (tertiary/aromatic N) is 1. The lowest BCUT2D eigenvalue weighted by atomic mass is 10.2. The first-order valence-corrected chi connectivity index (χ1v) is 14.9. The van der Waals surface area contributed by atoms with Crippen molar-refractivity contribution in [3.63, 3.8) is 0 Å². The fourth-order valence-electron chi connectivity index (χ4n) is 3.74. The lowest BCUT2D eigenvalue weighted by molar-refractivity contribution is -0.119. The molecule has 0 aliphatic heterocycles.